The van der Waals surface area contributed by atoms with E-state index >= 15 is 0 Å². The van der Waals surface area contributed by atoms with Crippen LogP contribution < -0.4 is 4.85 Å². The lowest BCUT2D eigenvalue weighted by Crippen LogP contribution is -2.36. The molecule has 2 aromatic rings. The Kier molecular flexibility index (Phi) is 2.23. The van der Waals surface area contributed by atoms with Gasteiger partial charge in [0.05, 0.1) is 6.20 Å². The molecular formula is C11H12N2O. The summed E-state index contributed by atoms with van der Waals surface area (Å²) in [5.74, 6) is 0. The average Bonchev–Trinajstić information content (AvgIpc) is 2.47. The van der Waals surface area contributed by atoms with Crippen molar-refractivity contribution in [2.45, 2.75) is 13.5 Å². The molecule has 0 spiro atoms. The molecule has 0 saturated carbocycles. The first-order chi connectivity index (χ1) is 6.75. The Hall–Kier alpha value is -1.77. The van der Waals surface area contributed by atoms with Crippen LogP contribution in [0, 0.1) is 12.1 Å². The number of aromatic nitrogens is 2. The Morgan fingerprint density at radius 2 is 2.00 bits per heavy atom. The van der Waals surface area contributed by atoms with Crippen LogP contribution in [0.2, 0.25) is 0 Å². The highest BCUT2D eigenvalue weighted by atomic mass is 16.5. The van der Waals surface area contributed by atoms with Crippen LogP contribution in [0.25, 0.3) is 0 Å². The molecule has 0 aliphatic rings. The molecule has 1 heterocycles. The van der Waals surface area contributed by atoms with Gasteiger partial charge in [0.2, 0.25) is 6.20 Å². The molecule has 0 atom stereocenters. The third-order valence-electron chi connectivity index (χ3n) is 2.11. The Morgan fingerprint density at radius 3 is 2.57 bits per heavy atom. The summed E-state index contributed by atoms with van der Waals surface area (Å²) in [5, 5.41) is 11.3. The first-order valence-corrected chi connectivity index (χ1v) is 4.56. The Morgan fingerprint density at radius 1 is 1.29 bits per heavy atom. The zero-order chi connectivity index (χ0) is 9.97. The predicted molar refractivity (Wildman–Crippen MR) is 53.7 cm³/mol. The van der Waals surface area contributed by atoms with Gasteiger partial charge in [0.15, 0.2) is 0 Å². The van der Waals surface area contributed by atoms with Gasteiger partial charge in [-0.05, 0) is 12.5 Å². The normalized spacial score (nSPS) is 10.4. The number of aryl methyl sites for hydroxylation is 1. The summed E-state index contributed by atoms with van der Waals surface area (Å²) in [4.78, 5) is 0.863. The van der Waals surface area contributed by atoms with E-state index in [-0.39, 0.29) is 0 Å². The molecule has 1 aromatic carbocycles. The van der Waals surface area contributed by atoms with Crippen molar-refractivity contribution in [3.8, 4) is 0 Å². The summed E-state index contributed by atoms with van der Waals surface area (Å²) < 4.78 is 1.64. The molecule has 0 N–H and O–H groups in total. The van der Waals surface area contributed by atoms with E-state index < -0.39 is 0 Å². The summed E-state index contributed by atoms with van der Waals surface area (Å²) in [6.07, 6.45) is 3.42. The van der Waals surface area contributed by atoms with Gasteiger partial charge >= 0.3 is 0 Å². The molecular weight excluding hydrogens is 176 g/mol. The molecule has 0 aliphatic heterocycles. The van der Waals surface area contributed by atoms with Gasteiger partial charge < -0.3 is 5.21 Å². The SMILES string of the molecule is Cc1cn(Cc2ccccc2)[n+]([O-])c1. The maximum atomic E-state index is 11.3. The van der Waals surface area contributed by atoms with Crippen LogP contribution in [0.15, 0.2) is 42.7 Å². The molecule has 0 unspecified atom stereocenters. The Balaban J connectivity index is 2.23. The molecule has 3 heteroatoms. The largest absolute Gasteiger partial charge is 0.596 e. The second-order valence-electron chi connectivity index (χ2n) is 3.39. The molecule has 0 fully saturated rings. The monoisotopic (exact) mass is 188 g/mol. The van der Waals surface area contributed by atoms with E-state index in [1.54, 1.807) is 10.9 Å². The van der Waals surface area contributed by atoms with E-state index in [9.17, 15) is 5.21 Å². The molecule has 0 saturated heterocycles. The second-order valence-corrected chi connectivity index (χ2v) is 3.39. The van der Waals surface area contributed by atoms with Gasteiger partial charge in [-0.1, -0.05) is 35.2 Å². The third kappa shape index (κ3) is 1.76. The fourth-order valence-electron chi connectivity index (χ4n) is 1.46. The van der Waals surface area contributed by atoms with Gasteiger partial charge in [-0.3, -0.25) is 0 Å². The van der Waals surface area contributed by atoms with Gasteiger partial charge in [0, 0.05) is 5.56 Å². The molecule has 0 radical (unpaired) electrons. The second kappa shape index (κ2) is 3.54. The summed E-state index contributed by atoms with van der Waals surface area (Å²) in [5.41, 5.74) is 2.11. The van der Waals surface area contributed by atoms with Crippen molar-refractivity contribution in [1.82, 2.24) is 4.68 Å². The molecule has 0 amide bonds. The molecule has 0 aliphatic carbocycles. The summed E-state index contributed by atoms with van der Waals surface area (Å²) in [6, 6.07) is 9.93. The van der Waals surface area contributed by atoms with Gasteiger partial charge in [-0.2, -0.15) is 0 Å². The van der Waals surface area contributed by atoms with Crippen molar-refractivity contribution in [1.29, 1.82) is 0 Å². The fraction of sp³-hybridized carbons (Fsp3) is 0.182. The van der Waals surface area contributed by atoms with Crippen molar-refractivity contribution in [2.24, 2.45) is 0 Å². The van der Waals surface area contributed by atoms with E-state index in [0.29, 0.717) is 6.54 Å². The molecule has 72 valence electrons. The number of benzene rings is 1. The van der Waals surface area contributed by atoms with Gasteiger partial charge in [-0.25, -0.2) is 0 Å². The van der Waals surface area contributed by atoms with E-state index in [2.05, 4.69) is 0 Å². The van der Waals surface area contributed by atoms with Crippen molar-refractivity contribution in [3.63, 3.8) is 0 Å². The predicted octanol–water partition coefficient (Wildman–Crippen LogP) is 1.48. The van der Waals surface area contributed by atoms with Crippen LogP contribution in [0.1, 0.15) is 11.1 Å². The van der Waals surface area contributed by atoms with Gasteiger partial charge in [0.1, 0.15) is 6.54 Å². The van der Waals surface area contributed by atoms with Crippen molar-refractivity contribution in [3.05, 3.63) is 59.1 Å². The highest BCUT2D eigenvalue weighted by Crippen LogP contribution is 2.01. The lowest BCUT2D eigenvalue weighted by Gasteiger charge is -2.02. The van der Waals surface area contributed by atoms with E-state index in [1.165, 1.54) is 0 Å². The Labute approximate surface area is 82.8 Å². The van der Waals surface area contributed by atoms with Crippen molar-refractivity contribution >= 4 is 0 Å². The minimum atomic E-state index is 0.623. The van der Waals surface area contributed by atoms with E-state index in [4.69, 9.17) is 0 Å². The highest BCUT2D eigenvalue weighted by molar-refractivity contribution is 5.14. The van der Waals surface area contributed by atoms with Crippen LogP contribution in [0.5, 0.6) is 0 Å². The van der Waals surface area contributed by atoms with Crippen LogP contribution in [0.3, 0.4) is 0 Å². The maximum absolute atomic E-state index is 11.3. The van der Waals surface area contributed by atoms with E-state index in [1.807, 2.05) is 43.5 Å². The maximum Gasteiger partial charge on any atom is 0.212 e. The lowest BCUT2D eigenvalue weighted by atomic mass is 10.2. The molecule has 0 bridgehead atoms. The summed E-state index contributed by atoms with van der Waals surface area (Å²) in [7, 11) is 0. The molecule has 1 aromatic heterocycles. The number of rotatable bonds is 2. The summed E-state index contributed by atoms with van der Waals surface area (Å²) in [6.45, 7) is 2.54. The quantitative estimate of drug-likeness (QED) is 0.519. The van der Waals surface area contributed by atoms with Crippen LogP contribution >= 0.6 is 0 Å². The lowest BCUT2D eigenvalue weighted by molar-refractivity contribution is -0.693. The Bertz CT molecular complexity index is 420. The zero-order valence-electron chi connectivity index (χ0n) is 8.05. The van der Waals surface area contributed by atoms with Crippen LogP contribution in [-0.4, -0.2) is 4.68 Å². The smallest absolute Gasteiger partial charge is 0.212 e. The summed E-state index contributed by atoms with van der Waals surface area (Å²) >= 11 is 0. The third-order valence-corrected chi connectivity index (χ3v) is 2.11. The minimum Gasteiger partial charge on any atom is -0.596 e. The first kappa shape index (κ1) is 8.81. The van der Waals surface area contributed by atoms with Gasteiger partial charge in [0.25, 0.3) is 0 Å². The molecule has 3 nitrogen and oxygen atoms in total. The standard InChI is InChI=1S/C11H12N2O/c1-10-7-12(13(14)8-10)9-11-5-3-2-4-6-11/h2-8H,9H2,1H3. The molecule has 2 rings (SSSR count). The average molecular weight is 188 g/mol. The van der Waals surface area contributed by atoms with Crippen molar-refractivity contribution in [2.75, 3.05) is 0 Å². The van der Waals surface area contributed by atoms with Crippen LogP contribution in [-0.2, 0) is 6.54 Å². The zero-order valence-corrected chi connectivity index (χ0v) is 8.05. The number of hydrogen-bond donors (Lipinski definition) is 0. The topological polar surface area (TPSA) is 31.9 Å². The van der Waals surface area contributed by atoms with Crippen molar-refractivity contribution < 1.29 is 4.85 Å². The minimum absolute atomic E-state index is 0.623. The first-order valence-electron chi connectivity index (χ1n) is 4.56. The van der Waals surface area contributed by atoms with E-state index in [0.717, 1.165) is 16.0 Å². The van der Waals surface area contributed by atoms with Crippen LogP contribution in [0.4, 0.5) is 0 Å². The fourth-order valence-corrected chi connectivity index (χ4v) is 1.46. The highest BCUT2D eigenvalue weighted by Gasteiger charge is 2.04. The number of hydrogen-bond acceptors (Lipinski definition) is 1. The van der Waals surface area contributed by atoms with Gasteiger partial charge in [-0.15, -0.1) is 4.68 Å². The number of nitrogens with zero attached hydrogens (tertiary/aromatic N) is 2. The molecule has 14 heavy (non-hydrogen) atoms.